The molecule has 0 unspecified atom stereocenters. The maximum absolute atomic E-state index is 13.8. The van der Waals surface area contributed by atoms with Gasteiger partial charge in [-0.15, -0.1) is 0 Å². The molecule has 0 spiro atoms. The summed E-state index contributed by atoms with van der Waals surface area (Å²) < 4.78 is 28.4. The van der Waals surface area contributed by atoms with Gasteiger partial charge in [-0.1, -0.05) is 54.4 Å². The zero-order valence-corrected chi connectivity index (χ0v) is 23.8. The maximum atomic E-state index is 13.8. The van der Waals surface area contributed by atoms with Gasteiger partial charge in [0.1, 0.15) is 12.6 Å². The van der Waals surface area contributed by atoms with Crippen molar-refractivity contribution in [2.24, 2.45) is 0 Å². The number of para-hydroxylation sites is 1. The fourth-order valence-corrected chi connectivity index (χ4v) is 5.11. The third kappa shape index (κ3) is 7.59. The number of amides is 2. The van der Waals surface area contributed by atoms with E-state index >= 15 is 0 Å². The molecule has 198 valence electrons. The van der Waals surface area contributed by atoms with Crippen molar-refractivity contribution in [1.29, 1.82) is 0 Å². The highest BCUT2D eigenvalue weighted by Crippen LogP contribution is 2.28. The van der Waals surface area contributed by atoms with Crippen LogP contribution in [-0.2, 0) is 26.3 Å². The van der Waals surface area contributed by atoms with Gasteiger partial charge in [-0.2, -0.15) is 12.7 Å². The standard InChI is InChI=1S/C25H34Cl2N4O4S/c1-7-22(24(33)28-25(2,3)4)30(16-19-20(26)14-11-15-21(19)27)23(32)17-31(36(34,35)29(5)6)18-12-9-8-10-13-18/h8-15,22H,7,16-17H2,1-6H3,(H,28,33)/t22-/m0/s1. The smallest absolute Gasteiger partial charge is 0.304 e. The van der Waals surface area contributed by atoms with Crippen molar-refractivity contribution in [2.75, 3.05) is 24.9 Å². The number of rotatable bonds is 10. The molecular weight excluding hydrogens is 523 g/mol. The zero-order chi connectivity index (χ0) is 27.3. The van der Waals surface area contributed by atoms with Crippen molar-refractivity contribution in [2.45, 2.75) is 52.2 Å². The van der Waals surface area contributed by atoms with Crippen molar-refractivity contribution in [3.63, 3.8) is 0 Å². The molecular formula is C25H34Cl2N4O4S. The van der Waals surface area contributed by atoms with Crippen molar-refractivity contribution in [3.05, 3.63) is 64.1 Å². The molecule has 0 radical (unpaired) electrons. The van der Waals surface area contributed by atoms with E-state index < -0.39 is 34.2 Å². The van der Waals surface area contributed by atoms with E-state index in [1.807, 2.05) is 20.8 Å². The molecule has 8 nitrogen and oxygen atoms in total. The van der Waals surface area contributed by atoms with Crippen LogP contribution in [0, 0.1) is 0 Å². The summed E-state index contributed by atoms with van der Waals surface area (Å²) in [6, 6.07) is 12.4. The lowest BCUT2D eigenvalue weighted by molar-refractivity contribution is -0.141. The molecule has 11 heteroatoms. The van der Waals surface area contributed by atoms with Crippen LogP contribution in [0.5, 0.6) is 0 Å². The molecule has 1 atom stereocenters. The Hall–Kier alpha value is -2.33. The number of carbonyl (C=O) groups excluding carboxylic acids is 2. The molecule has 0 aliphatic heterocycles. The Morgan fingerprint density at radius 2 is 1.53 bits per heavy atom. The average Bonchev–Trinajstić information content (AvgIpc) is 2.78. The Balaban J connectivity index is 2.56. The van der Waals surface area contributed by atoms with Gasteiger partial charge in [-0.25, -0.2) is 4.31 Å². The number of nitrogens with one attached hydrogen (secondary N) is 1. The molecule has 2 rings (SSSR count). The summed E-state index contributed by atoms with van der Waals surface area (Å²) in [5.74, 6) is -0.931. The molecule has 0 saturated carbocycles. The zero-order valence-electron chi connectivity index (χ0n) is 21.5. The average molecular weight is 558 g/mol. The van der Waals surface area contributed by atoms with Crippen LogP contribution in [0.2, 0.25) is 10.0 Å². The van der Waals surface area contributed by atoms with Crippen molar-refractivity contribution in [1.82, 2.24) is 14.5 Å². The summed E-state index contributed by atoms with van der Waals surface area (Å²) >= 11 is 12.8. The molecule has 0 aliphatic rings. The lowest BCUT2D eigenvalue weighted by Gasteiger charge is -2.35. The molecule has 0 aromatic heterocycles. The maximum Gasteiger partial charge on any atom is 0.304 e. The van der Waals surface area contributed by atoms with E-state index in [4.69, 9.17) is 23.2 Å². The molecule has 2 amide bonds. The molecule has 0 heterocycles. The predicted octanol–water partition coefficient (Wildman–Crippen LogP) is 4.33. The molecule has 0 bridgehead atoms. The van der Waals surface area contributed by atoms with E-state index in [0.29, 0.717) is 27.7 Å². The third-order valence-corrected chi connectivity index (χ3v) is 7.87. The lowest BCUT2D eigenvalue weighted by Crippen LogP contribution is -2.55. The number of halogens is 2. The topological polar surface area (TPSA) is 90.0 Å². The number of anilines is 1. The Morgan fingerprint density at radius 1 is 0.972 bits per heavy atom. The number of carbonyl (C=O) groups is 2. The van der Waals surface area contributed by atoms with Crippen molar-refractivity contribution in [3.8, 4) is 0 Å². The van der Waals surface area contributed by atoms with E-state index in [9.17, 15) is 18.0 Å². The molecule has 36 heavy (non-hydrogen) atoms. The molecule has 1 N–H and O–H groups in total. The van der Waals surface area contributed by atoms with Crippen molar-refractivity contribution >= 4 is 50.9 Å². The van der Waals surface area contributed by atoms with Crippen LogP contribution in [0.1, 0.15) is 39.7 Å². The number of hydrogen-bond donors (Lipinski definition) is 1. The second-order valence-electron chi connectivity index (χ2n) is 9.52. The first-order valence-corrected chi connectivity index (χ1v) is 13.6. The minimum Gasteiger partial charge on any atom is -0.350 e. The molecule has 2 aromatic rings. The molecule has 2 aromatic carbocycles. The minimum absolute atomic E-state index is 0.0714. The highest BCUT2D eigenvalue weighted by Gasteiger charge is 2.35. The van der Waals surface area contributed by atoms with Crippen LogP contribution in [-0.4, -0.2) is 61.7 Å². The number of benzene rings is 2. The Bertz CT molecular complexity index is 1150. The summed E-state index contributed by atoms with van der Waals surface area (Å²) in [6.45, 7) is 6.72. The van der Waals surface area contributed by atoms with E-state index in [0.717, 1.165) is 8.61 Å². The fourth-order valence-electron chi connectivity index (χ4n) is 3.54. The van der Waals surface area contributed by atoms with Crippen LogP contribution in [0.4, 0.5) is 5.69 Å². The third-order valence-electron chi connectivity index (χ3n) is 5.34. The van der Waals surface area contributed by atoms with Gasteiger partial charge in [0.15, 0.2) is 0 Å². The van der Waals surface area contributed by atoms with E-state index in [1.54, 1.807) is 55.5 Å². The summed E-state index contributed by atoms with van der Waals surface area (Å²) in [4.78, 5) is 28.4. The Labute approximate surface area is 224 Å². The van der Waals surface area contributed by atoms with Crippen LogP contribution in [0.25, 0.3) is 0 Å². The van der Waals surface area contributed by atoms with E-state index in [2.05, 4.69) is 5.32 Å². The Morgan fingerprint density at radius 3 is 2.00 bits per heavy atom. The van der Waals surface area contributed by atoms with Gasteiger partial charge in [0.2, 0.25) is 11.8 Å². The highest BCUT2D eigenvalue weighted by molar-refractivity contribution is 7.90. The van der Waals surface area contributed by atoms with E-state index in [-0.39, 0.29) is 12.5 Å². The summed E-state index contributed by atoms with van der Waals surface area (Å²) in [6.07, 6.45) is 0.293. The second kappa shape index (κ2) is 12.3. The Kier molecular flexibility index (Phi) is 10.2. The van der Waals surface area contributed by atoms with Crippen molar-refractivity contribution < 1.29 is 18.0 Å². The number of nitrogens with zero attached hydrogens (tertiary/aromatic N) is 3. The van der Waals surface area contributed by atoms with Gasteiger partial charge in [0.05, 0.1) is 5.69 Å². The van der Waals surface area contributed by atoms with E-state index in [1.165, 1.54) is 19.0 Å². The SMILES string of the molecule is CC[C@@H](C(=O)NC(C)(C)C)N(Cc1c(Cl)cccc1Cl)C(=O)CN(c1ccccc1)S(=O)(=O)N(C)C. The molecule has 0 fully saturated rings. The van der Waals surface area contributed by atoms with Gasteiger partial charge < -0.3 is 10.2 Å². The van der Waals surface area contributed by atoms with Gasteiger partial charge in [0, 0.05) is 41.8 Å². The predicted molar refractivity (Wildman–Crippen MR) is 145 cm³/mol. The molecule has 0 aliphatic carbocycles. The summed E-state index contributed by atoms with van der Waals surface area (Å²) in [5, 5.41) is 3.60. The van der Waals surface area contributed by atoms with Gasteiger partial charge in [-0.3, -0.25) is 9.59 Å². The van der Waals surface area contributed by atoms with Gasteiger partial charge >= 0.3 is 10.2 Å². The largest absolute Gasteiger partial charge is 0.350 e. The van der Waals surface area contributed by atoms with Crippen LogP contribution in [0.15, 0.2) is 48.5 Å². The lowest BCUT2D eigenvalue weighted by atomic mass is 10.1. The normalized spacial score (nSPS) is 12.8. The van der Waals surface area contributed by atoms with Crippen LogP contribution in [0.3, 0.4) is 0 Å². The number of hydrogen-bond acceptors (Lipinski definition) is 4. The molecule has 0 saturated heterocycles. The first-order chi connectivity index (χ1) is 16.7. The highest BCUT2D eigenvalue weighted by atomic mass is 35.5. The van der Waals surface area contributed by atoms with Gasteiger partial charge in [-0.05, 0) is 51.5 Å². The minimum atomic E-state index is -4.02. The second-order valence-corrected chi connectivity index (χ2v) is 12.4. The summed E-state index contributed by atoms with van der Waals surface area (Å²) in [7, 11) is -1.24. The first-order valence-electron chi connectivity index (χ1n) is 11.5. The van der Waals surface area contributed by atoms with Crippen LogP contribution < -0.4 is 9.62 Å². The quantitative estimate of drug-likeness (QED) is 0.471. The first kappa shape index (κ1) is 29.9. The monoisotopic (exact) mass is 556 g/mol. The summed E-state index contributed by atoms with van der Waals surface area (Å²) in [5.41, 5.74) is 0.256. The van der Waals surface area contributed by atoms with Gasteiger partial charge in [0.25, 0.3) is 0 Å². The van der Waals surface area contributed by atoms with Crippen LogP contribution >= 0.6 is 23.2 Å². The fraction of sp³-hybridized carbons (Fsp3) is 0.440.